The van der Waals surface area contributed by atoms with Crippen molar-refractivity contribution in [3.8, 4) is 0 Å². The van der Waals surface area contributed by atoms with Gasteiger partial charge in [0.15, 0.2) is 11.4 Å². The van der Waals surface area contributed by atoms with Crippen LogP contribution in [0.15, 0.2) is 58.7 Å². The molecule has 0 spiro atoms. The molecule has 0 fully saturated rings. The molecule has 0 saturated carbocycles. The molecule has 0 bridgehead atoms. The lowest BCUT2D eigenvalue weighted by Gasteiger charge is -2.27. The van der Waals surface area contributed by atoms with Crippen LogP contribution in [0.4, 0.5) is 0 Å². The van der Waals surface area contributed by atoms with E-state index in [-0.39, 0.29) is 6.23 Å². The van der Waals surface area contributed by atoms with Crippen molar-refractivity contribution in [2.45, 2.75) is 30.3 Å². The average molecular weight is 347 g/mol. The van der Waals surface area contributed by atoms with Crippen LogP contribution >= 0.6 is 11.8 Å². The van der Waals surface area contributed by atoms with Gasteiger partial charge in [-0.15, -0.1) is 0 Å². The summed E-state index contributed by atoms with van der Waals surface area (Å²) in [7, 11) is 0. The molecule has 4 nitrogen and oxygen atoms in total. The lowest BCUT2D eigenvalue weighted by molar-refractivity contribution is 0.0344. The SMILES string of the molecule is CCOC1c2cc3ccc(C)cc3nc2Sc2nc3ccccc3n21. The number of nitrogens with zero attached hydrogens (tertiary/aromatic N) is 3. The summed E-state index contributed by atoms with van der Waals surface area (Å²) < 4.78 is 8.33. The van der Waals surface area contributed by atoms with E-state index in [0.717, 1.165) is 37.7 Å². The molecule has 25 heavy (non-hydrogen) atoms. The molecule has 2 aromatic heterocycles. The molecule has 124 valence electrons. The van der Waals surface area contributed by atoms with Crippen LogP contribution in [0, 0.1) is 6.92 Å². The van der Waals surface area contributed by atoms with Gasteiger partial charge < -0.3 is 4.74 Å². The zero-order chi connectivity index (χ0) is 17.0. The van der Waals surface area contributed by atoms with Crippen molar-refractivity contribution in [1.82, 2.24) is 14.5 Å². The summed E-state index contributed by atoms with van der Waals surface area (Å²) in [5.74, 6) is 0. The Kier molecular flexibility index (Phi) is 3.33. The molecule has 5 heteroatoms. The Morgan fingerprint density at radius 2 is 1.96 bits per heavy atom. The first-order valence-corrected chi connectivity index (χ1v) is 9.24. The Labute approximate surface area is 149 Å². The first-order valence-electron chi connectivity index (χ1n) is 8.42. The van der Waals surface area contributed by atoms with Crippen LogP contribution in [-0.4, -0.2) is 21.1 Å². The normalized spacial score (nSPS) is 16.2. The molecule has 5 rings (SSSR count). The van der Waals surface area contributed by atoms with Gasteiger partial charge >= 0.3 is 0 Å². The maximum absolute atomic E-state index is 6.14. The molecule has 0 radical (unpaired) electrons. The van der Waals surface area contributed by atoms with E-state index in [1.165, 1.54) is 5.56 Å². The van der Waals surface area contributed by atoms with Crippen molar-refractivity contribution in [1.29, 1.82) is 0 Å². The first-order chi connectivity index (χ1) is 12.2. The topological polar surface area (TPSA) is 39.9 Å². The van der Waals surface area contributed by atoms with Gasteiger partial charge in [0.2, 0.25) is 0 Å². The molecule has 0 N–H and O–H groups in total. The van der Waals surface area contributed by atoms with Gasteiger partial charge in [-0.25, -0.2) is 9.97 Å². The summed E-state index contributed by atoms with van der Waals surface area (Å²) in [5, 5.41) is 3.06. The lowest BCUT2D eigenvalue weighted by Crippen LogP contribution is -2.20. The molecule has 1 unspecified atom stereocenters. The van der Waals surface area contributed by atoms with E-state index in [4.69, 9.17) is 14.7 Å². The Hall–Kier alpha value is -2.37. The maximum Gasteiger partial charge on any atom is 0.177 e. The van der Waals surface area contributed by atoms with Crippen molar-refractivity contribution >= 4 is 33.7 Å². The number of imidazole rings is 1. The van der Waals surface area contributed by atoms with Gasteiger partial charge in [0, 0.05) is 17.6 Å². The fourth-order valence-corrected chi connectivity index (χ4v) is 4.43. The van der Waals surface area contributed by atoms with Crippen molar-refractivity contribution < 1.29 is 4.74 Å². The summed E-state index contributed by atoms with van der Waals surface area (Å²) in [6.07, 6.45) is -0.193. The van der Waals surface area contributed by atoms with Gasteiger partial charge in [0.25, 0.3) is 0 Å². The summed E-state index contributed by atoms with van der Waals surface area (Å²) in [4.78, 5) is 9.70. The van der Waals surface area contributed by atoms with Crippen LogP contribution in [0.2, 0.25) is 0 Å². The predicted molar refractivity (Wildman–Crippen MR) is 100 cm³/mol. The summed E-state index contributed by atoms with van der Waals surface area (Å²) >= 11 is 1.62. The van der Waals surface area contributed by atoms with Crippen LogP contribution in [0.5, 0.6) is 0 Å². The predicted octanol–water partition coefficient (Wildman–Crippen LogP) is 4.94. The number of aromatic nitrogens is 3. The second-order valence-electron chi connectivity index (χ2n) is 6.24. The third kappa shape index (κ3) is 2.27. The van der Waals surface area contributed by atoms with Crippen LogP contribution in [0.25, 0.3) is 21.9 Å². The van der Waals surface area contributed by atoms with E-state index in [0.29, 0.717) is 6.61 Å². The fourth-order valence-electron chi connectivity index (χ4n) is 3.40. The van der Waals surface area contributed by atoms with Crippen LogP contribution in [0.1, 0.15) is 24.3 Å². The first kappa shape index (κ1) is 14.9. The van der Waals surface area contributed by atoms with Crippen LogP contribution in [0.3, 0.4) is 0 Å². The highest BCUT2D eigenvalue weighted by Crippen LogP contribution is 2.43. The number of ether oxygens (including phenoxy) is 1. The molecule has 1 aliphatic rings. The number of rotatable bonds is 2. The number of benzene rings is 2. The molecular formula is C20H17N3OS. The summed E-state index contributed by atoms with van der Waals surface area (Å²) in [5.41, 5.74) is 5.43. The third-order valence-corrected chi connectivity index (χ3v) is 5.53. The number of aryl methyl sites for hydroxylation is 1. The van der Waals surface area contributed by atoms with Crippen molar-refractivity contribution in [2.24, 2.45) is 0 Å². The van der Waals surface area contributed by atoms with Crippen molar-refractivity contribution in [3.05, 3.63) is 59.7 Å². The number of pyridine rings is 1. The van der Waals surface area contributed by atoms with Gasteiger partial charge in [0.1, 0.15) is 5.03 Å². The summed E-state index contributed by atoms with van der Waals surface area (Å²) in [6, 6.07) is 16.8. The van der Waals surface area contributed by atoms with Gasteiger partial charge in [-0.3, -0.25) is 4.57 Å². The monoisotopic (exact) mass is 347 g/mol. The molecule has 3 heterocycles. The molecular weight excluding hydrogens is 330 g/mol. The molecule has 4 aromatic rings. The van der Waals surface area contributed by atoms with E-state index in [1.807, 2.05) is 25.1 Å². The molecule has 2 aromatic carbocycles. The number of fused-ring (bicyclic) bond motifs is 5. The third-order valence-electron chi connectivity index (χ3n) is 4.54. The van der Waals surface area contributed by atoms with Crippen LogP contribution in [-0.2, 0) is 4.74 Å². The Bertz CT molecular complexity index is 1120. The van der Waals surface area contributed by atoms with Gasteiger partial charge in [0.05, 0.1) is 16.6 Å². The zero-order valence-corrected chi connectivity index (χ0v) is 14.9. The number of hydrogen-bond acceptors (Lipinski definition) is 4. The van der Waals surface area contributed by atoms with Crippen molar-refractivity contribution in [2.75, 3.05) is 6.61 Å². The molecule has 1 aliphatic heterocycles. The highest BCUT2D eigenvalue weighted by atomic mass is 32.2. The van der Waals surface area contributed by atoms with Crippen molar-refractivity contribution in [3.63, 3.8) is 0 Å². The standard InChI is InChI=1S/C20H17N3OS/c1-3-24-19-14-11-13-9-8-12(2)10-16(13)21-18(14)25-20-22-15-6-4-5-7-17(15)23(19)20/h4-11,19H,3H2,1-2H3. The zero-order valence-electron chi connectivity index (χ0n) is 14.1. The minimum absolute atomic E-state index is 0.193. The van der Waals surface area contributed by atoms with E-state index in [1.54, 1.807) is 11.8 Å². The number of hydrogen-bond donors (Lipinski definition) is 0. The average Bonchev–Trinajstić information content (AvgIpc) is 2.98. The Morgan fingerprint density at radius 1 is 1.08 bits per heavy atom. The largest absolute Gasteiger partial charge is 0.354 e. The quantitative estimate of drug-likeness (QED) is 0.515. The van der Waals surface area contributed by atoms with E-state index >= 15 is 0 Å². The van der Waals surface area contributed by atoms with Crippen LogP contribution < -0.4 is 0 Å². The number of para-hydroxylation sites is 2. The molecule has 1 atom stereocenters. The highest BCUT2D eigenvalue weighted by Gasteiger charge is 2.30. The Balaban J connectivity index is 1.78. The molecule has 0 aliphatic carbocycles. The lowest BCUT2D eigenvalue weighted by atomic mass is 10.1. The van der Waals surface area contributed by atoms with E-state index in [9.17, 15) is 0 Å². The fraction of sp³-hybridized carbons (Fsp3) is 0.200. The smallest absolute Gasteiger partial charge is 0.177 e. The molecule has 0 saturated heterocycles. The van der Waals surface area contributed by atoms with Gasteiger partial charge in [-0.05, 0) is 55.4 Å². The minimum Gasteiger partial charge on any atom is -0.354 e. The van der Waals surface area contributed by atoms with E-state index in [2.05, 4.69) is 41.8 Å². The second-order valence-corrected chi connectivity index (χ2v) is 7.20. The molecule has 0 amide bonds. The van der Waals surface area contributed by atoms with E-state index < -0.39 is 0 Å². The highest BCUT2D eigenvalue weighted by molar-refractivity contribution is 7.99. The maximum atomic E-state index is 6.14. The van der Waals surface area contributed by atoms with Gasteiger partial charge in [-0.2, -0.15) is 0 Å². The summed E-state index contributed by atoms with van der Waals surface area (Å²) in [6.45, 7) is 4.75. The second kappa shape index (κ2) is 5.58. The van der Waals surface area contributed by atoms with Gasteiger partial charge in [-0.1, -0.05) is 24.3 Å². The Morgan fingerprint density at radius 3 is 2.84 bits per heavy atom. The minimum atomic E-state index is -0.193.